The number of hydrogen-bond acceptors (Lipinski definition) is 2. The van der Waals surface area contributed by atoms with E-state index in [0.717, 1.165) is 33.7 Å². The molecule has 0 amide bonds. The van der Waals surface area contributed by atoms with Crippen molar-refractivity contribution >= 4 is 15.9 Å². The average Bonchev–Trinajstić information content (AvgIpc) is 2.75. The minimum atomic E-state index is 0.394. The van der Waals surface area contributed by atoms with E-state index in [2.05, 4.69) is 46.9 Å². The maximum Gasteiger partial charge on any atom is 0.109 e. The molecule has 0 fully saturated rings. The Morgan fingerprint density at radius 1 is 1.28 bits per heavy atom. The number of aromatic amines is 1. The lowest BCUT2D eigenvalue weighted by Gasteiger charge is -2.01. The van der Waals surface area contributed by atoms with Crippen molar-refractivity contribution < 1.29 is 0 Å². The smallest absolute Gasteiger partial charge is 0.109 e. The fourth-order valence-electron chi connectivity index (χ4n) is 1.87. The number of imidazole rings is 1. The summed E-state index contributed by atoms with van der Waals surface area (Å²) in [6.07, 6.45) is 0.825. The molecule has 1 heterocycles. The molecule has 0 aliphatic heterocycles. The second kappa shape index (κ2) is 5.67. The summed E-state index contributed by atoms with van der Waals surface area (Å²) in [5.41, 5.74) is 8.94. The molecule has 3 nitrogen and oxygen atoms in total. The fraction of sp³-hybridized carbons (Fsp3) is 0.357. The van der Waals surface area contributed by atoms with Gasteiger partial charge in [0, 0.05) is 28.1 Å². The zero-order valence-corrected chi connectivity index (χ0v) is 12.3. The van der Waals surface area contributed by atoms with Gasteiger partial charge in [-0.05, 0) is 18.7 Å². The van der Waals surface area contributed by atoms with Crippen LogP contribution in [0.5, 0.6) is 0 Å². The summed E-state index contributed by atoms with van der Waals surface area (Å²) < 4.78 is 1.08. The normalized spacial score (nSPS) is 11.2. The average molecular weight is 308 g/mol. The third kappa shape index (κ3) is 2.82. The van der Waals surface area contributed by atoms with E-state index in [-0.39, 0.29) is 0 Å². The van der Waals surface area contributed by atoms with Crippen LogP contribution in [0.1, 0.15) is 31.3 Å². The van der Waals surface area contributed by atoms with E-state index in [9.17, 15) is 0 Å². The van der Waals surface area contributed by atoms with E-state index in [1.54, 1.807) is 0 Å². The van der Waals surface area contributed by atoms with Crippen LogP contribution in [-0.4, -0.2) is 16.5 Å². The van der Waals surface area contributed by atoms with Crippen LogP contribution < -0.4 is 5.73 Å². The highest BCUT2D eigenvalue weighted by Crippen LogP contribution is 2.25. The fourth-order valence-corrected chi connectivity index (χ4v) is 2.14. The highest BCUT2D eigenvalue weighted by atomic mass is 79.9. The highest BCUT2D eigenvalue weighted by Gasteiger charge is 2.13. The van der Waals surface area contributed by atoms with Gasteiger partial charge in [-0.2, -0.15) is 0 Å². The summed E-state index contributed by atoms with van der Waals surface area (Å²) in [7, 11) is 0. The van der Waals surface area contributed by atoms with Crippen LogP contribution in [0.2, 0.25) is 0 Å². The van der Waals surface area contributed by atoms with E-state index < -0.39 is 0 Å². The molecule has 0 saturated carbocycles. The number of halogens is 1. The molecule has 0 radical (unpaired) electrons. The van der Waals surface area contributed by atoms with Crippen molar-refractivity contribution in [2.75, 3.05) is 6.54 Å². The Morgan fingerprint density at radius 2 is 1.94 bits per heavy atom. The van der Waals surface area contributed by atoms with Gasteiger partial charge < -0.3 is 10.7 Å². The van der Waals surface area contributed by atoms with Crippen LogP contribution in [-0.2, 0) is 6.42 Å². The van der Waals surface area contributed by atoms with Gasteiger partial charge >= 0.3 is 0 Å². The SMILES string of the molecule is CC(C)c1nc(-c2ccc(Br)cc2)c(CCN)[nH]1. The lowest BCUT2D eigenvalue weighted by atomic mass is 10.1. The molecule has 0 atom stereocenters. The van der Waals surface area contributed by atoms with Crippen molar-refractivity contribution in [2.24, 2.45) is 5.73 Å². The molecule has 2 aromatic rings. The minimum Gasteiger partial charge on any atom is -0.345 e. The number of nitrogens with zero attached hydrogens (tertiary/aromatic N) is 1. The summed E-state index contributed by atoms with van der Waals surface area (Å²) >= 11 is 3.45. The molecule has 1 aromatic heterocycles. The molecule has 0 unspecified atom stereocenters. The molecule has 96 valence electrons. The minimum absolute atomic E-state index is 0.394. The molecule has 0 aliphatic rings. The van der Waals surface area contributed by atoms with E-state index in [1.165, 1.54) is 0 Å². The third-order valence-electron chi connectivity index (χ3n) is 2.86. The van der Waals surface area contributed by atoms with Gasteiger partial charge in [0.2, 0.25) is 0 Å². The van der Waals surface area contributed by atoms with Crippen molar-refractivity contribution in [1.29, 1.82) is 0 Å². The molecule has 1 aromatic carbocycles. The summed E-state index contributed by atoms with van der Waals surface area (Å²) in [5, 5.41) is 0. The van der Waals surface area contributed by atoms with Crippen molar-refractivity contribution in [3.63, 3.8) is 0 Å². The molecular weight excluding hydrogens is 290 g/mol. The largest absolute Gasteiger partial charge is 0.345 e. The summed E-state index contributed by atoms with van der Waals surface area (Å²) in [5.74, 6) is 1.42. The first kappa shape index (κ1) is 13.3. The van der Waals surface area contributed by atoms with Crippen LogP contribution in [0.25, 0.3) is 11.3 Å². The Hall–Kier alpha value is -1.13. The number of aromatic nitrogens is 2. The van der Waals surface area contributed by atoms with Gasteiger partial charge in [0.15, 0.2) is 0 Å². The number of nitrogens with one attached hydrogen (secondary N) is 1. The van der Waals surface area contributed by atoms with Crippen LogP contribution in [0, 0.1) is 0 Å². The van der Waals surface area contributed by atoms with Crippen LogP contribution in [0.4, 0.5) is 0 Å². The van der Waals surface area contributed by atoms with Gasteiger partial charge in [-0.25, -0.2) is 4.98 Å². The predicted octanol–water partition coefficient (Wildman–Crippen LogP) is 3.46. The van der Waals surface area contributed by atoms with Gasteiger partial charge in [-0.1, -0.05) is 41.9 Å². The maximum absolute atomic E-state index is 5.66. The van der Waals surface area contributed by atoms with Crippen molar-refractivity contribution in [3.8, 4) is 11.3 Å². The molecule has 3 N–H and O–H groups in total. The molecular formula is C14H18BrN3. The summed E-state index contributed by atoms with van der Waals surface area (Å²) in [4.78, 5) is 8.09. The molecule has 0 aliphatic carbocycles. The quantitative estimate of drug-likeness (QED) is 0.909. The Morgan fingerprint density at radius 3 is 2.50 bits per heavy atom. The van der Waals surface area contributed by atoms with Crippen molar-refractivity contribution in [3.05, 3.63) is 40.3 Å². The lowest BCUT2D eigenvalue weighted by molar-refractivity contribution is 0.786. The molecule has 0 bridgehead atoms. The Kier molecular flexibility index (Phi) is 4.19. The first-order valence-corrected chi connectivity index (χ1v) is 6.96. The Labute approximate surface area is 116 Å². The van der Waals surface area contributed by atoms with Gasteiger partial charge in [0.05, 0.1) is 5.69 Å². The summed E-state index contributed by atoms with van der Waals surface area (Å²) in [6.45, 7) is 4.90. The van der Waals surface area contributed by atoms with Crippen LogP contribution >= 0.6 is 15.9 Å². The number of hydrogen-bond donors (Lipinski definition) is 2. The van der Waals surface area contributed by atoms with Gasteiger partial charge in [0.25, 0.3) is 0 Å². The first-order chi connectivity index (χ1) is 8.61. The zero-order chi connectivity index (χ0) is 13.1. The van der Waals surface area contributed by atoms with E-state index >= 15 is 0 Å². The second-order valence-corrected chi connectivity index (χ2v) is 5.57. The van der Waals surface area contributed by atoms with Crippen LogP contribution in [0.3, 0.4) is 0 Å². The monoisotopic (exact) mass is 307 g/mol. The maximum atomic E-state index is 5.66. The predicted molar refractivity (Wildman–Crippen MR) is 78.6 cm³/mol. The number of rotatable bonds is 4. The molecule has 0 spiro atoms. The van der Waals surface area contributed by atoms with E-state index in [1.807, 2.05) is 12.1 Å². The topological polar surface area (TPSA) is 54.7 Å². The van der Waals surface area contributed by atoms with Crippen molar-refractivity contribution in [1.82, 2.24) is 9.97 Å². The Bertz CT molecular complexity index is 514. The Balaban J connectivity index is 2.44. The van der Waals surface area contributed by atoms with Gasteiger partial charge in [0.1, 0.15) is 5.82 Å². The zero-order valence-electron chi connectivity index (χ0n) is 10.7. The van der Waals surface area contributed by atoms with Gasteiger partial charge in [-0.3, -0.25) is 0 Å². The first-order valence-electron chi connectivity index (χ1n) is 6.16. The standard InChI is InChI=1S/C14H18BrN3/c1-9(2)14-17-12(7-8-16)13(18-14)10-3-5-11(15)6-4-10/h3-6,9H,7-8,16H2,1-2H3,(H,17,18). The molecule has 18 heavy (non-hydrogen) atoms. The number of H-pyrrole nitrogens is 1. The highest BCUT2D eigenvalue weighted by molar-refractivity contribution is 9.10. The molecule has 0 saturated heterocycles. The number of nitrogens with two attached hydrogens (primary N) is 1. The van der Waals surface area contributed by atoms with Crippen molar-refractivity contribution in [2.45, 2.75) is 26.2 Å². The number of benzene rings is 1. The molecule has 2 rings (SSSR count). The lowest BCUT2D eigenvalue weighted by Crippen LogP contribution is -2.04. The van der Waals surface area contributed by atoms with E-state index in [4.69, 9.17) is 10.7 Å². The second-order valence-electron chi connectivity index (χ2n) is 4.65. The van der Waals surface area contributed by atoms with Crippen LogP contribution in [0.15, 0.2) is 28.7 Å². The van der Waals surface area contributed by atoms with E-state index in [0.29, 0.717) is 12.5 Å². The third-order valence-corrected chi connectivity index (χ3v) is 3.38. The summed E-state index contributed by atoms with van der Waals surface area (Å²) in [6, 6.07) is 8.21. The van der Waals surface area contributed by atoms with Gasteiger partial charge in [-0.15, -0.1) is 0 Å². The molecule has 4 heteroatoms.